The molecule has 38 heavy (non-hydrogen) atoms. The molecule has 0 spiro atoms. The van der Waals surface area contributed by atoms with E-state index in [2.05, 4.69) is 43.4 Å². The van der Waals surface area contributed by atoms with Crippen molar-refractivity contribution in [2.24, 2.45) is 0 Å². The Morgan fingerprint density at radius 2 is 1.47 bits per heavy atom. The molecule has 0 saturated heterocycles. The minimum Gasteiger partial charge on any atom is -0.352 e. The first kappa shape index (κ1) is 29.7. The Balaban J connectivity index is 1.93. The van der Waals surface area contributed by atoms with Crippen LogP contribution < -0.4 is 5.32 Å². The van der Waals surface area contributed by atoms with E-state index < -0.39 is 6.04 Å². The lowest BCUT2D eigenvalue weighted by Gasteiger charge is -2.33. The molecule has 0 saturated carbocycles. The van der Waals surface area contributed by atoms with Crippen molar-refractivity contribution >= 4 is 35.0 Å². The summed E-state index contributed by atoms with van der Waals surface area (Å²) in [5.41, 5.74) is 3.96. The minimum atomic E-state index is -0.713. The average molecular weight is 554 g/mol. The summed E-state index contributed by atoms with van der Waals surface area (Å²) in [6, 6.07) is 22.7. The third kappa shape index (κ3) is 8.34. The molecule has 1 N–H and O–H groups in total. The van der Waals surface area contributed by atoms with Crippen molar-refractivity contribution in [1.29, 1.82) is 0 Å². The van der Waals surface area contributed by atoms with Gasteiger partial charge in [0.15, 0.2) is 0 Å². The molecule has 0 aliphatic heterocycles. The standard InChI is InChI=1S/C32H38Cl2N2O2/c1-5-23(4)35-32(38)30(20-25-10-7-6-8-11-25)36(21-27-28(33)12-9-13-29(27)34)31(37)19-16-24-14-17-26(18-15-24)22(2)3/h6-15,17-18,22-23,30H,5,16,19-21H2,1-4H3,(H,35,38)/t23-,30-/m0/s1. The number of benzene rings is 3. The summed E-state index contributed by atoms with van der Waals surface area (Å²) in [5.74, 6) is 0.152. The van der Waals surface area contributed by atoms with Gasteiger partial charge in [-0.05, 0) is 54.5 Å². The zero-order chi connectivity index (χ0) is 27.7. The van der Waals surface area contributed by atoms with E-state index in [4.69, 9.17) is 23.2 Å². The van der Waals surface area contributed by atoms with Crippen molar-refractivity contribution in [1.82, 2.24) is 10.2 Å². The summed E-state index contributed by atoms with van der Waals surface area (Å²) in [5, 5.41) is 4.04. The maximum atomic E-state index is 13.9. The summed E-state index contributed by atoms with van der Waals surface area (Å²) >= 11 is 13.0. The molecule has 3 aromatic rings. The van der Waals surface area contributed by atoms with Gasteiger partial charge in [0.25, 0.3) is 0 Å². The van der Waals surface area contributed by atoms with Gasteiger partial charge in [-0.3, -0.25) is 9.59 Å². The Labute approximate surface area is 237 Å². The Morgan fingerprint density at radius 1 is 0.842 bits per heavy atom. The Morgan fingerprint density at radius 3 is 2.05 bits per heavy atom. The van der Waals surface area contributed by atoms with Crippen LogP contribution in [0.5, 0.6) is 0 Å². The lowest BCUT2D eigenvalue weighted by Crippen LogP contribution is -2.52. The maximum absolute atomic E-state index is 13.9. The van der Waals surface area contributed by atoms with Crippen LogP contribution in [-0.4, -0.2) is 28.8 Å². The second-order valence-corrected chi connectivity index (χ2v) is 11.0. The lowest BCUT2D eigenvalue weighted by atomic mass is 9.99. The molecule has 2 amide bonds. The Kier molecular flexibility index (Phi) is 11.2. The van der Waals surface area contributed by atoms with Crippen molar-refractivity contribution < 1.29 is 9.59 Å². The second-order valence-electron chi connectivity index (χ2n) is 10.1. The van der Waals surface area contributed by atoms with Crippen molar-refractivity contribution in [2.75, 3.05) is 0 Å². The third-order valence-electron chi connectivity index (χ3n) is 6.94. The number of hydrogen-bond donors (Lipinski definition) is 1. The molecule has 0 bridgehead atoms. The van der Waals surface area contributed by atoms with Crippen LogP contribution in [0, 0.1) is 0 Å². The summed E-state index contributed by atoms with van der Waals surface area (Å²) in [6.07, 6.45) is 2.03. The highest BCUT2D eigenvalue weighted by atomic mass is 35.5. The number of nitrogens with zero attached hydrogens (tertiary/aromatic N) is 1. The van der Waals surface area contributed by atoms with Crippen molar-refractivity contribution in [3.05, 3.63) is 105 Å². The number of aryl methyl sites for hydroxylation is 1. The first-order valence-corrected chi connectivity index (χ1v) is 14.1. The molecule has 3 aromatic carbocycles. The third-order valence-corrected chi connectivity index (χ3v) is 7.64. The highest BCUT2D eigenvalue weighted by molar-refractivity contribution is 6.36. The van der Waals surface area contributed by atoms with Crippen molar-refractivity contribution in [3.63, 3.8) is 0 Å². The zero-order valence-corrected chi connectivity index (χ0v) is 24.2. The number of hydrogen-bond acceptors (Lipinski definition) is 2. The molecular formula is C32H38Cl2N2O2. The summed E-state index contributed by atoms with van der Waals surface area (Å²) in [6.45, 7) is 8.46. The lowest BCUT2D eigenvalue weighted by molar-refractivity contribution is -0.141. The molecular weight excluding hydrogens is 515 g/mol. The van der Waals surface area contributed by atoms with Crippen molar-refractivity contribution in [2.45, 2.75) is 77.9 Å². The molecule has 4 nitrogen and oxygen atoms in total. The van der Waals surface area contributed by atoms with E-state index in [1.807, 2.05) is 44.2 Å². The zero-order valence-electron chi connectivity index (χ0n) is 22.7. The van der Waals surface area contributed by atoms with Gasteiger partial charge >= 0.3 is 0 Å². The quantitative estimate of drug-likeness (QED) is 0.251. The Hall–Kier alpha value is -2.82. The highest BCUT2D eigenvalue weighted by Crippen LogP contribution is 2.28. The van der Waals surface area contributed by atoms with E-state index in [0.717, 1.165) is 17.5 Å². The fraction of sp³-hybridized carbons (Fsp3) is 0.375. The predicted octanol–water partition coefficient (Wildman–Crippen LogP) is 7.60. The van der Waals surface area contributed by atoms with Crippen LogP contribution in [0.4, 0.5) is 0 Å². The van der Waals surface area contributed by atoms with E-state index in [9.17, 15) is 9.59 Å². The largest absolute Gasteiger partial charge is 0.352 e. The van der Waals surface area contributed by atoms with Gasteiger partial charge in [-0.25, -0.2) is 0 Å². The van der Waals surface area contributed by atoms with Gasteiger partial charge in [-0.2, -0.15) is 0 Å². The predicted molar refractivity (Wildman–Crippen MR) is 158 cm³/mol. The van der Waals surface area contributed by atoms with E-state index in [1.54, 1.807) is 23.1 Å². The number of rotatable bonds is 12. The average Bonchev–Trinajstić information content (AvgIpc) is 2.91. The Bertz CT molecular complexity index is 1180. The first-order chi connectivity index (χ1) is 18.2. The monoisotopic (exact) mass is 552 g/mol. The SMILES string of the molecule is CC[C@H](C)NC(=O)[C@H](Cc1ccccc1)N(Cc1c(Cl)cccc1Cl)C(=O)CCc1ccc(C(C)C)cc1. The van der Waals surface area contributed by atoms with E-state index in [0.29, 0.717) is 34.4 Å². The molecule has 0 radical (unpaired) electrons. The van der Waals surface area contributed by atoms with E-state index in [1.165, 1.54) is 5.56 Å². The number of nitrogens with one attached hydrogen (secondary N) is 1. The van der Waals surface area contributed by atoms with Gasteiger partial charge in [0.2, 0.25) is 11.8 Å². The van der Waals surface area contributed by atoms with Crippen LogP contribution in [0.15, 0.2) is 72.8 Å². The fourth-order valence-corrected chi connectivity index (χ4v) is 4.83. The van der Waals surface area contributed by atoms with E-state index in [-0.39, 0.29) is 30.8 Å². The number of halogens is 2. The molecule has 6 heteroatoms. The van der Waals surface area contributed by atoms with Gasteiger partial charge in [0.05, 0.1) is 0 Å². The molecule has 0 aliphatic rings. The topological polar surface area (TPSA) is 49.4 Å². The van der Waals surface area contributed by atoms with Crippen LogP contribution in [0.1, 0.15) is 68.7 Å². The van der Waals surface area contributed by atoms with Crippen LogP contribution in [0.3, 0.4) is 0 Å². The van der Waals surface area contributed by atoms with Crippen LogP contribution in [0.2, 0.25) is 10.0 Å². The normalized spacial score (nSPS) is 12.7. The number of amides is 2. The smallest absolute Gasteiger partial charge is 0.243 e. The molecule has 3 rings (SSSR count). The molecule has 202 valence electrons. The van der Waals surface area contributed by atoms with E-state index >= 15 is 0 Å². The maximum Gasteiger partial charge on any atom is 0.243 e. The van der Waals surface area contributed by atoms with Gasteiger partial charge in [-0.15, -0.1) is 0 Å². The van der Waals surface area contributed by atoms with Crippen LogP contribution in [-0.2, 0) is 29.0 Å². The molecule has 0 fully saturated rings. The van der Waals surface area contributed by atoms with Gasteiger partial charge in [0.1, 0.15) is 6.04 Å². The number of carbonyl (C=O) groups excluding carboxylic acids is 2. The summed E-state index contributed by atoms with van der Waals surface area (Å²) in [4.78, 5) is 29.2. The first-order valence-electron chi connectivity index (χ1n) is 13.3. The fourth-order valence-electron chi connectivity index (χ4n) is 4.31. The number of carbonyl (C=O) groups is 2. The van der Waals surface area contributed by atoms with Crippen LogP contribution in [0.25, 0.3) is 0 Å². The molecule has 0 heterocycles. The summed E-state index contributed by atoms with van der Waals surface area (Å²) < 4.78 is 0. The van der Waals surface area contributed by atoms with Crippen LogP contribution >= 0.6 is 23.2 Å². The van der Waals surface area contributed by atoms with Gasteiger partial charge in [0, 0.05) is 41.0 Å². The molecule has 0 unspecified atom stereocenters. The van der Waals surface area contributed by atoms with Gasteiger partial charge < -0.3 is 10.2 Å². The molecule has 0 aliphatic carbocycles. The molecule has 2 atom stereocenters. The molecule has 0 aromatic heterocycles. The second kappa shape index (κ2) is 14.4. The van der Waals surface area contributed by atoms with Gasteiger partial charge in [-0.1, -0.05) is 105 Å². The highest BCUT2D eigenvalue weighted by Gasteiger charge is 2.31. The minimum absolute atomic E-state index is 0.0129. The van der Waals surface area contributed by atoms with Crippen molar-refractivity contribution in [3.8, 4) is 0 Å². The summed E-state index contributed by atoms with van der Waals surface area (Å²) in [7, 11) is 0.